The van der Waals surface area contributed by atoms with Crippen molar-refractivity contribution in [1.29, 1.82) is 0 Å². The molecule has 1 N–H and O–H groups in total. The summed E-state index contributed by atoms with van der Waals surface area (Å²) in [6, 6.07) is 11.2. The van der Waals surface area contributed by atoms with Crippen LogP contribution in [-0.4, -0.2) is 24.9 Å². The molecular formula is C19H18ClFN2O2. The Morgan fingerprint density at radius 1 is 1.24 bits per heavy atom. The van der Waals surface area contributed by atoms with Crippen LogP contribution >= 0.6 is 11.6 Å². The third kappa shape index (κ3) is 4.17. The lowest BCUT2D eigenvalue weighted by atomic mass is 10.1. The van der Waals surface area contributed by atoms with Crippen molar-refractivity contribution in [1.82, 2.24) is 5.32 Å². The molecule has 2 aromatic carbocycles. The fourth-order valence-corrected chi connectivity index (χ4v) is 3.10. The minimum atomic E-state index is -0.295. The van der Waals surface area contributed by atoms with Gasteiger partial charge in [0.1, 0.15) is 5.82 Å². The smallest absolute Gasteiger partial charge is 0.253 e. The lowest BCUT2D eigenvalue weighted by Crippen LogP contribution is -2.30. The van der Waals surface area contributed by atoms with E-state index in [1.54, 1.807) is 29.2 Å². The average molecular weight is 361 g/mol. The second-order valence-electron chi connectivity index (χ2n) is 5.95. The number of nitrogens with one attached hydrogen (secondary N) is 1. The van der Waals surface area contributed by atoms with Gasteiger partial charge in [-0.05, 0) is 48.7 Å². The maximum absolute atomic E-state index is 13.2. The quantitative estimate of drug-likeness (QED) is 0.886. The van der Waals surface area contributed by atoms with Crippen LogP contribution in [0.4, 0.5) is 10.1 Å². The van der Waals surface area contributed by atoms with Gasteiger partial charge in [0.15, 0.2) is 0 Å². The van der Waals surface area contributed by atoms with Crippen molar-refractivity contribution in [3.8, 4) is 0 Å². The molecule has 3 rings (SSSR count). The first-order chi connectivity index (χ1) is 12.0. The molecule has 0 unspecified atom stereocenters. The van der Waals surface area contributed by atoms with Crippen LogP contribution in [0.15, 0.2) is 42.5 Å². The Labute approximate surface area is 150 Å². The zero-order chi connectivity index (χ0) is 17.8. The standard InChI is InChI=1S/C19H18ClFN2O2/c20-14-6-7-16(17(12-14)23-10-2-5-18(23)24)19(25)22-9-8-13-3-1-4-15(21)11-13/h1,3-4,6-7,11-12H,2,5,8-10H2,(H,22,25). The molecule has 2 aromatic rings. The Balaban J connectivity index is 1.70. The van der Waals surface area contributed by atoms with Crippen molar-refractivity contribution in [2.75, 3.05) is 18.0 Å². The van der Waals surface area contributed by atoms with Crippen LogP contribution in [0.1, 0.15) is 28.8 Å². The first-order valence-corrected chi connectivity index (χ1v) is 8.55. The summed E-state index contributed by atoms with van der Waals surface area (Å²) in [5.41, 5.74) is 1.77. The van der Waals surface area contributed by atoms with Crippen molar-refractivity contribution < 1.29 is 14.0 Å². The zero-order valence-corrected chi connectivity index (χ0v) is 14.4. The van der Waals surface area contributed by atoms with Crippen LogP contribution in [-0.2, 0) is 11.2 Å². The van der Waals surface area contributed by atoms with Gasteiger partial charge in [0.25, 0.3) is 5.91 Å². The monoisotopic (exact) mass is 360 g/mol. The summed E-state index contributed by atoms with van der Waals surface area (Å²) < 4.78 is 13.2. The summed E-state index contributed by atoms with van der Waals surface area (Å²) in [5, 5.41) is 3.30. The van der Waals surface area contributed by atoms with Crippen molar-refractivity contribution in [3.63, 3.8) is 0 Å². The molecule has 0 bridgehead atoms. The number of hydrogen-bond acceptors (Lipinski definition) is 2. The molecule has 2 amide bonds. The van der Waals surface area contributed by atoms with E-state index in [9.17, 15) is 14.0 Å². The van der Waals surface area contributed by atoms with Crippen molar-refractivity contribution in [2.45, 2.75) is 19.3 Å². The number of hydrogen-bond donors (Lipinski definition) is 1. The first kappa shape index (κ1) is 17.4. The van der Waals surface area contributed by atoms with E-state index in [0.717, 1.165) is 12.0 Å². The van der Waals surface area contributed by atoms with E-state index in [1.807, 2.05) is 6.07 Å². The van der Waals surface area contributed by atoms with Crippen LogP contribution in [0.25, 0.3) is 0 Å². The van der Waals surface area contributed by atoms with Gasteiger partial charge >= 0.3 is 0 Å². The predicted molar refractivity (Wildman–Crippen MR) is 95.5 cm³/mol. The first-order valence-electron chi connectivity index (χ1n) is 8.17. The molecule has 0 aromatic heterocycles. The van der Waals surface area contributed by atoms with Crippen LogP contribution in [0.3, 0.4) is 0 Å². The number of carbonyl (C=O) groups excluding carboxylic acids is 2. The maximum Gasteiger partial charge on any atom is 0.253 e. The van der Waals surface area contributed by atoms with E-state index < -0.39 is 0 Å². The van der Waals surface area contributed by atoms with E-state index in [4.69, 9.17) is 11.6 Å². The Bertz CT molecular complexity index is 810. The van der Waals surface area contributed by atoms with Crippen LogP contribution < -0.4 is 10.2 Å². The SMILES string of the molecule is O=C(NCCc1cccc(F)c1)c1ccc(Cl)cc1N1CCCC1=O. The molecule has 130 valence electrons. The predicted octanol–water partition coefficient (Wildman–Crippen LogP) is 3.58. The molecular weight excluding hydrogens is 343 g/mol. The van der Waals surface area contributed by atoms with Gasteiger partial charge in [0.05, 0.1) is 11.3 Å². The van der Waals surface area contributed by atoms with Crippen LogP contribution in [0, 0.1) is 5.82 Å². The van der Waals surface area contributed by atoms with Crippen LogP contribution in [0.5, 0.6) is 0 Å². The van der Waals surface area contributed by atoms with E-state index in [0.29, 0.717) is 42.2 Å². The zero-order valence-electron chi connectivity index (χ0n) is 13.6. The van der Waals surface area contributed by atoms with Gasteiger partial charge in [0.2, 0.25) is 5.91 Å². The summed E-state index contributed by atoms with van der Waals surface area (Å²) in [7, 11) is 0. The summed E-state index contributed by atoms with van der Waals surface area (Å²) in [6.07, 6.45) is 1.77. The molecule has 0 aliphatic carbocycles. The van der Waals surface area contributed by atoms with Gasteiger partial charge in [-0.2, -0.15) is 0 Å². The molecule has 4 nitrogen and oxygen atoms in total. The number of carbonyl (C=O) groups is 2. The highest BCUT2D eigenvalue weighted by molar-refractivity contribution is 6.31. The second-order valence-corrected chi connectivity index (χ2v) is 6.38. The maximum atomic E-state index is 13.2. The number of amides is 2. The topological polar surface area (TPSA) is 49.4 Å². The summed E-state index contributed by atoms with van der Waals surface area (Å²) >= 11 is 6.04. The minimum Gasteiger partial charge on any atom is -0.352 e. The Morgan fingerprint density at radius 3 is 2.80 bits per heavy atom. The van der Waals surface area contributed by atoms with Crippen molar-refractivity contribution >= 4 is 29.1 Å². The molecule has 0 atom stereocenters. The van der Waals surface area contributed by atoms with Crippen LogP contribution in [0.2, 0.25) is 5.02 Å². The fourth-order valence-electron chi connectivity index (χ4n) is 2.93. The molecule has 0 saturated carbocycles. The second kappa shape index (κ2) is 7.66. The highest BCUT2D eigenvalue weighted by Gasteiger charge is 2.26. The Hall–Kier alpha value is -2.40. The number of nitrogens with zero attached hydrogens (tertiary/aromatic N) is 1. The van der Waals surface area contributed by atoms with Gasteiger partial charge in [-0.25, -0.2) is 4.39 Å². The van der Waals surface area contributed by atoms with Crippen molar-refractivity contribution in [2.24, 2.45) is 0 Å². The summed E-state index contributed by atoms with van der Waals surface area (Å²) in [5.74, 6) is -0.574. The molecule has 0 radical (unpaired) electrons. The number of halogens is 2. The molecule has 1 fully saturated rings. The minimum absolute atomic E-state index is 0.00363. The molecule has 6 heteroatoms. The number of anilines is 1. The summed E-state index contributed by atoms with van der Waals surface area (Å²) in [6.45, 7) is 0.959. The van der Waals surface area contributed by atoms with Gasteiger partial charge in [-0.1, -0.05) is 23.7 Å². The number of benzene rings is 2. The van der Waals surface area contributed by atoms with E-state index in [-0.39, 0.29) is 17.6 Å². The van der Waals surface area contributed by atoms with Gasteiger partial charge < -0.3 is 10.2 Å². The van der Waals surface area contributed by atoms with Gasteiger partial charge in [-0.3, -0.25) is 9.59 Å². The largest absolute Gasteiger partial charge is 0.352 e. The molecule has 1 aliphatic rings. The summed E-state index contributed by atoms with van der Waals surface area (Å²) in [4.78, 5) is 26.1. The lowest BCUT2D eigenvalue weighted by molar-refractivity contribution is -0.117. The molecule has 1 aliphatic heterocycles. The normalized spacial score (nSPS) is 14.0. The Kier molecular flexibility index (Phi) is 5.34. The lowest BCUT2D eigenvalue weighted by Gasteiger charge is -2.19. The molecule has 1 saturated heterocycles. The van der Waals surface area contributed by atoms with E-state index in [1.165, 1.54) is 12.1 Å². The highest BCUT2D eigenvalue weighted by atomic mass is 35.5. The van der Waals surface area contributed by atoms with E-state index >= 15 is 0 Å². The Morgan fingerprint density at radius 2 is 2.08 bits per heavy atom. The molecule has 25 heavy (non-hydrogen) atoms. The molecule has 0 spiro atoms. The average Bonchev–Trinajstić information content (AvgIpc) is 3.00. The van der Waals surface area contributed by atoms with E-state index in [2.05, 4.69) is 5.32 Å². The van der Waals surface area contributed by atoms with Crippen molar-refractivity contribution in [3.05, 3.63) is 64.4 Å². The number of rotatable bonds is 5. The fraction of sp³-hybridized carbons (Fsp3) is 0.263. The van der Waals surface area contributed by atoms with Gasteiger partial charge in [-0.15, -0.1) is 0 Å². The third-order valence-corrected chi connectivity index (χ3v) is 4.39. The third-order valence-electron chi connectivity index (χ3n) is 4.16. The molecule has 1 heterocycles. The highest BCUT2D eigenvalue weighted by Crippen LogP contribution is 2.28. The van der Waals surface area contributed by atoms with Gasteiger partial charge in [0, 0.05) is 24.5 Å².